The highest BCUT2D eigenvalue weighted by Crippen LogP contribution is 2.51. The molecule has 3 rings (SSSR count). The van der Waals surface area contributed by atoms with Gasteiger partial charge in [0, 0.05) is 13.1 Å². The van der Waals surface area contributed by atoms with E-state index in [-0.39, 0.29) is 11.1 Å². The standard InChI is InChI=1S/C15H17NO7/c1-20-12(18)10-11(13(19)21-2)15(16-5-7-22-8-6-16)4-3-14(10,9-17)23-15/h3-4,9H,5-8H2,1-2H3/t14-,15-/m0/s1. The Morgan fingerprint density at radius 3 is 2.30 bits per heavy atom. The fraction of sp³-hybridized carbons (Fsp3) is 0.533. The van der Waals surface area contributed by atoms with Crippen LogP contribution in [0.3, 0.4) is 0 Å². The third-order valence-electron chi connectivity index (χ3n) is 4.32. The number of nitrogens with zero attached hydrogens (tertiary/aromatic N) is 1. The van der Waals surface area contributed by atoms with Crippen molar-refractivity contribution in [1.29, 1.82) is 0 Å². The Hall–Kier alpha value is -2.03. The van der Waals surface area contributed by atoms with Crippen LogP contribution in [0.4, 0.5) is 0 Å². The molecule has 0 aromatic heterocycles. The monoisotopic (exact) mass is 323 g/mol. The molecule has 3 aliphatic rings. The van der Waals surface area contributed by atoms with Crippen LogP contribution in [-0.4, -0.2) is 75.0 Å². The maximum absolute atomic E-state index is 12.4. The van der Waals surface area contributed by atoms with Crippen molar-refractivity contribution in [1.82, 2.24) is 4.90 Å². The van der Waals surface area contributed by atoms with Gasteiger partial charge in [-0.25, -0.2) is 9.59 Å². The van der Waals surface area contributed by atoms with Crippen molar-refractivity contribution >= 4 is 18.2 Å². The summed E-state index contributed by atoms with van der Waals surface area (Å²) in [6, 6.07) is 0. The van der Waals surface area contributed by atoms with Crippen molar-refractivity contribution in [3.8, 4) is 0 Å². The molecule has 0 unspecified atom stereocenters. The van der Waals surface area contributed by atoms with Crippen molar-refractivity contribution < 1.29 is 33.3 Å². The van der Waals surface area contributed by atoms with E-state index in [1.54, 1.807) is 6.08 Å². The number of hydrogen-bond donors (Lipinski definition) is 0. The van der Waals surface area contributed by atoms with Gasteiger partial charge in [-0.05, 0) is 12.2 Å². The van der Waals surface area contributed by atoms with E-state index in [9.17, 15) is 14.4 Å². The molecule has 2 bridgehead atoms. The van der Waals surface area contributed by atoms with E-state index < -0.39 is 23.3 Å². The molecule has 2 atom stereocenters. The summed E-state index contributed by atoms with van der Waals surface area (Å²) in [5.74, 6) is -1.53. The number of esters is 2. The van der Waals surface area contributed by atoms with Gasteiger partial charge in [0.05, 0.1) is 33.0 Å². The van der Waals surface area contributed by atoms with Crippen LogP contribution in [0.15, 0.2) is 23.3 Å². The molecule has 8 nitrogen and oxygen atoms in total. The molecule has 124 valence electrons. The number of rotatable bonds is 4. The number of morpholine rings is 1. The van der Waals surface area contributed by atoms with Gasteiger partial charge in [-0.3, -0.25) is 9.69 Å². The summed E-state index contributed by atoms with van der Waals surface area (Å²) in [5, 5.41) is 0. The molecule has 1 saturated heterocycles. The third-order valence-corrected chi connectivity index (χ3v) is 4.32. The fourth-order valence-electron chi connectivity index (χ4n) is 3.27. The molecule has 0 spiro atoms. The number of ether oxygens (including phenoxy) is 4. The summed E-state index contributed by atoms with van der Waals surface area (Å²) in [6.07, 6.45) is 3.59. The molecular weight excluding hydrogens is 306 g/mol. The molecular formula is C15H17NO7. The second kappa shape index (κ2) is 5.55. The molecule has 0 saturated carbocycles. The highest BCUT2D eigenvalue weighted by molar-refractivity contribution is 6.09. The van der Waals surface area contributed by atoms with E-state index in [1.807, 2.05) is 4.90 Å². The van der Waals surface area contributed by atoms with Crippen LogP contribution in [0.2, 0.25) is 0 Å². The van der Waals surface area contributed by atoms with E-state index in [2.05, 4.69) is 0 Å². The molecule has 3 heterocycles. The van der Waals surface area contributed by atoms with Gasteiger partial charge in [0.25, 0.3) is 0 Å². The number of hydrogen-bond acceptors (Lipinski definition) is 8. The predicted octanol–water partition coefficient (Wildman–Crippen LogP) is -0.805. The summed E-state index contributed by atoms with van der Waals surface area (Å²) in [7, 11) is 2.39. The molecule has 0 aromatic carbocycles. The first-order valence-electron chi connectivity index (χ1n) is 7.16. The first-order valence-corrected chi connectivity index (χ1v) is 7.16. The molecule has 0 N–H and O–H groups in total. The minimum Gasteiger partial charge on any atom is -0.466 e. The zero-order valence-electron chi connectivity index (χ0n) is 12.9. The van der Waals surface area contributed by atoms with Crippen LogP contribution in [0.5, 0.6) is 0 Å². The molecule has 0 aliphatic carbocycles. The Bertz CT molecular complexity index is 619. The normalized spacial score (nSPS) is 33.0. The maximum Gasteiger partial charge on any atom is 0.339 e. The number of carbonyl (C=O) groups is 3. The summed E-state index contributed by atoms with van der Waals surface area (Å²) in [5.41, 5.74) is -3.09. The molecule has 23 heavy (non-hydrogen) atoms. The third kappa shape index (κ3) is 2.06. The Morgan fingerprint density at radius 2 is 1.74 bits per heavy atom. The average molecular weight is 323 g/mol. The van der Waals surface area contributed by atoms with Gasteiger partial charge in [0.15, 0.2) is 17.6 Å². The van der Waals surface area contributed by atoms with E-state index in [1.165, 1.54) is 20.3 Å². The summed E-state index contributed by atoms with van der Waals surface area (Å²) < 4.78 is 20.8. The van der Waals surface area contributed by atoms with Gasteiger partial charge >= 0.3 is 11.9 Å². The quantitative estimate of drug-likeness (QED) is 0.377. The number of methoxy groups -OCH3 is 2. The Balaban J connectivity index is 2.17. The largest absolute Gasteiger partial charge is 0.466 e. The van der Waals surface area contributed by atoms with Crippen molar-refractivity contribution in [2.45, 2.75) is 11.3 Å². The highest BCUT2D eigenvalue weighted by Gasteiger charge is 2.64. The number of carbonyl (C=O) groups excluding carboxylic acids is 3. The highest BCUT2D eigenvalue weighted by atomic mass is 16.6. The first kappa shape index (κ1) is 15.9. The zero-order chi connectivity index (χ0) is 16.7. The Morgan fingerprint density at radius 1 is 1.13 bits per heavy atom. The lowest BCUT2D eigenvalue weighted by atomic mass is 9.84. The lowest BCUT2D eigenvalue weighted by Gasteiger charge is -2.40. The van der Waals surface area contributed by atoms with Gasteiger partial charge in [0.1, 0.15) is 5.57 Å². The molecule has 1 fully saturated rings. The van der Waals surface area contributed by atoms with Gasteiger partial charge in [0.2, 0.25) is 0 Å². The second-order valence-electron chi connectivity index (χ2n) is 5.38. The van der Waals surface area contributed by atoms with Crippen LogP contribution in [0.1, 0.15) is 0 Å². The van der Waals surface area contributed by atoms with E-state index in [0.717, 1.165) is 0 Å². The Kier molecular flexibility index (Phi) is 3.83. The predicted molar refractivity (Wildman–Crippen MR) is 75.2 cm³/mol. The van der Waals surface area contributed by atoms with E-state index >= 15 is 0 Å². The van der Waals surface area contributed by atoms with Crippen LogP contribution >= 0.6 is 0 Å². The van der Waals surface area contributed by atoms with Crippen LogP contribution in [0, 0.1) is 0 Å². The summed E-state index contributed by atoms with van der Waals surface area (Å²) in [6.45, 7) is 1.87. The molecule has 0 aromatic rings. The average Bonchev–Trinajstić information content (AvgIpc) is 3.14. The smallest absolute Gasteiger partial charge is 0.339 e. The Labute approximate surface area is 132 Å². The minimum absolute atomic E-state index is 0.0108. The van der Waals surface area contributed by atoms with Crippen molar-refractivity contribution in [3.63, 3.8) is 0 Å². The van der Waals surface area contributed by atoms with Gasteiger partial charge in [-0.1, -0.05) is 0 Å². The van der Waals surface area contributed by atoms with Gasteiger partial charge in [-0.15, -0.1) is 0 Å². The molecule has 0 radical (unpaired) electrons. The second-order valence-corrected chi connectivity index (χ2v) is 5.38. The molecule has 8 heteroatoms. The van der Waals surface area contributed by atoms with Gasteiger partial charge in [-0.2, -0.15) is 0 Å². The number of aldehydes is 1. The molecule has 3 aliphatic heterocycles. The van der Waals surface area contributed by atoms with E-state index in [0.29, 0.717) is 32.6 Å². The van der Waals surface area contributed by atoms with Gasteiger partial charge < -0.3 is 18.9 Å². The lowest BCUT2D eigenvalue weighted by Crippen LogP contribution is -2.54. The summed E-state index contributed by atoms with van der Waals surface area (Å²) >= 11 is 0. The van der Waals surface area contributed by atoms with Crippen LogP contribution < -0.4 is 0 Å². The minimum atomic E-state index is -1.63. The summed E-state index contributed by atoms with van der Waals surface area (Å²) in [4.78, 5) is 38.1. The fourth-order valence-corrected chi connectivity index (χ4v) is 3.27. The van der Waals surface area contributed by atoms with E-state index in [4.69, 9.17) is 18.9 Å². The zero-order valence-corrected chi connectivity index (χ0v) is 12.9. The maximum atomic E-state index is 12.4. The van der Waals surface area contributed by atoms with Crippen LogP contribution in [0.25, 0.3) is 0 Å². The van der Waals surface area contributed by atoms with Crippen LogP contribution in [-0.2, 0) is 33.3 Å². The van der Waals surface area contributed by atoms with Crippen molar-refractivity contribution in [2.75, 3.05) is 40.5 Å². The van der Waals surface area contributed by atoms with Crippen molar-refractivity contribution in [2.24, 2.45) is 0 Å². The molecule has 0 amide bonds. The number of fused-ring (bicyclic) bond motifs is 2. The van der Waals surface area contributed by atoms with Crippen molar-refractivity contribution in [3.05, 3.63) is 23.3 Å². The lowest BCUT2D eigenvalue weighted by molar-refractivity contribution is -0.159. The SMILES string of the molecule is COC(=O)C1=C(C(=O)OC)[C@]2(N3CCOCC3)C=C[C@@]1(C=O)O2. The topological polar surface area (TPSA) is 91.4 Å². The first-order chi connectivity index (χ1) is 11.0.